The van der Waals surface area contributed by atoms with E-state index < -0.39 is 36.3 Å². The number of hydrogen-bond acceptors (Lipinski definition) is 5. The number of rotatable bonds is 12. The summed E-state index contributed by atoms with van der Waals surface area (Å²) in [5.74, 6) is -0.839. The monoisotopic (exact) mass is 477 g/mol. The summed E-state index contributed by atoms with van der Waals surface area (Å²) < 4.78 is 5.26. The van der Waals surface area contributed by atoms with Crippen LogP contribution in [0.5, 0.6) is 0 Å². The van der Waals surface area contributed by atoms with Crippen LogP contribution in [-0.4, -0.2) is 58.8 Å². The van der Waals surface area contributed by atoms with Crippen LogP contribution >= 0.6 is 0 Å². The van der Waals surface area contributed by atoms with Crippen molar-refractivity contribution in [2.45, 2.75) is 97.9 Å². The van der Waals surface area contributed by atoms with Crippen molar-refractivity contribution in [1.82, 2.24) is 15.5 Å². The van der Waals surface area contributed by atoms with Gasteiger partial charge in [-0.15, -0.1) is 0 Å². The number of aliphatic hydroxyl groups is 1. The SMILES string of the molecule is CCCCCCN(C(=O)C(CO)NC(=O)OC(C)(C)C)C(C(=O)NC(C)C)c1cccc(C)c1. The van der Waals surface area contributed by atoms with Crippen LogP contribution in [0, 0.1) is 6.92 Å². The number of alkyl carbamates (subject to hydrolysis) is 1. The third-order valence-corrected chi connectivity index (χ3v) is 5.06. The first-order valence-corrected chi connectivity index (χ1v) is 12.2. The molecule has 8 heteroatoms. The summed E-state index contributed by atoms with van der Waals surface area (Å²) in [5.41, 5.74) is 0.883. The van der Waals surface area contributed by atoms with Crippen LogP contribution in [0.4, 0.5) is 4.79 Å². The van der Waals surface area contributed by atoms with Gasteiger partial charge in [0.15, 0.2) is 0 Å². The molecule has 0 spiro atoms. The minimum Gasteiger partial charge on any atom is -0.444 e. The van der Waals surface area contributed by atoms with Crippen molar-refractivity contribution < 1.29 is 24.2 Å². The molecule has 2 atom stereocenters. The highest BCUT2D eigenvalue weighted by Gasteiger charge is 2.36. The number of benzene rings is 1. The van der Waals surface area contributed by atoms with Gasteiger partial charge in [0.2, 0.25) is 11.8 Å². The molecule has 0 aromatic heterocycles. The van der Waals surface area contributed by atoms with Crippen molar-refractivity contribution in [3.05, 3.63) is 35.4 Å². The maximum atomic E-state index is 13.6. The van der Waals surface area contributed by atoms with Crippen molar-refractivity contribution in [2.75, 3.05) is 13.2 Å². The van der Waals surface area contributed by atoms with E-state index in [0.717, 1.165) is 24.8 Å². The summed E-state index contributed by atoms with van der Waals surface area (Å²) in [6.45, 7) is 12.6. The fourth-order valence-corrected chi connectivity index (χ4v) is 3.59. The van der Waals surface area contributed by atoms with E-state index in [1.165, 1.54) is 4.90 Å². The van der Waals surface area contributed by atoms with Crippen LogP contribution in [0.15, 0.2) is 24.3 Å². The zero-order valence-electron chi connectivity index (χ0n) is 21.8. The van der Waals surface area contributed by atoms with E-state index in [1.807, 2.05) is 45.0 Å². The van der Waals surface area contributed by atoms with Gasteiger partial charge in [-0.3, -0.25) is 9.59 Å². The normalized spacial score (nSPS) is 13.2. The number of unbranched alkanes of at least 4 members (excludes halogenated alkanes) is 3. The standard InChI is InChI=1S/C26H43N3O5/c1-8-9-10-11-15-29(24(32)21(17-30)28-25(33)34-26(5,6)7)22(23(31)27-18(2)3)20-14-12-13-19(4)16-20/h12-14,16,18,21-22,30H,8-11,15,17H2,1-7H3,(H,27,31)(H,28,33). The van der Waals surface area contributed by atoms with Gasteiger partial charge in [0.05, 0.1) is 6.61 Å². The van der Waals surface area contributed by atoms with Crippen molar-refractivity contribution in [1.29, 1.82) is 0 Å². The summed E-state index contributed by atoms with van der Waals surface area (Å²) in [5, 5.41) is 15.4. The van der Waals surface area contributed by atoms with E-state index in [9.17, 15) is 19.5 Å². The van der Waals surface area contributed by atoms with E-state index >= 15 is 0 Å². The van der Waals surface area contributed by atoms with E-state index in [1.54, 1.807) is 20.8 Å². The molecule has 1 aromatic carbocycles. The summed E-state index contributed by atoms with van der Waals surface area (Å²) in [6.07, 6.45) is 2.83. The fourth-order valence-electron chi connectivity index (χ4n) is 3.59. The Morgan fingerprint density at radius 3 is 2.29 bits per heavy atom. The van der Waals surface area contributed by atoms with Gasteiger partial charge in [0.25, 0.3) is 0 Å². The number of aliphatic hydroxyl groups excluding tert-OH is 1. The van der Waals surface area contributed by atoms with E-state index in [2.05, 4.69) is 17.6 Å². The third-order valence-electron chi connectivity index (χ3n) is 5.06. The molecule has 0 radical (unpaired) electrons. The minimum absolute atomic E-state index is 0.120. The minimum atomic E-state index is -1.24. The zero-order valence-corrected chi connectivity index (χ0v) is 21.8. The number of ether oxygens (including phenoxy) is 1. The molecule has 0 aliphatic heterocycles. The molecule has 0 aliphatic carbocycles. The van der Waals surface area contributed by atoms with Crippen LogP contribution in [0.1, 0.15) is 84.4 Å². The molecular weight excluding hydrogens is 434 g/mol. The van der Waals surface area contributed by atoms with Gasteiger partial charge in [-0.05, 0) is 53.5 Å². The summed E-state index contributed by atoms with van der Waals surface area (Å²) in [7, 11) is 0. The van der Waals surface area contributed by atoms with Crippen molar-refractivity contribution >= 4 is 17.9 Å². The number of carbonyl (C=O) groups is 3. The van der Waals surface area contributed by atoms with E-state index in [4.69, 9.17) is 4.74 Å². The molecule has 0 heterocycles. The van der Waals surface area contributed by atoms with Crippen molar-refractivity contribution in [2.24, 2.45) is 0 Å². The second-order valence-corrected chi connectivity index (χ2v) is 9.95. The maximum Gasteiger partial charge on any atom is 0.408 e. The third kappa shape index (κ3) is 10.1. The number of nitrogens with zero attached hydrogens (tertiary/aromatic N) is 1. The van der Waals surface area contributed by atoms with Crippen LogP contribution in [0.2, 0.25) is 0 Å². The Labute approximate surface area is 204 Å². The number of amides is 3. The summed E-state index contributed by atoms with van der Waals surface area (Å²) in [6, 6.07) is 5.22. The Morgan fingerprint density at radius 1 is 1.09 bits per heavy atom. The predicted molar refractivity (Wildman–Crippen MR) is 133 cm³/mol. The second kappa shape index (κ2) is 13.9. The molecule has 1 rings (SSSR count). The molecule has 34 heavy (non-hydrogen) atoms. The Balaban J connectivity index is 3.35. The first-order chi connectivity index (χ1) is 15.9. The smallest absolute Gasteiger partial charge is 0.408 e. The van der Waals surface area contributed by atoms with Crippen LogP contribution < -0.4 is 10.6 Å². The van der Waals surface area contributed by atoms with Gasteiger partial charge in [-0.1, -0.05) is 56.0 Å². The number of carbonyl (C=O) groups excluding carboxylic acids is 3. The highest BCUT2D eigenvalue weighted by molar-refractivity contribution is 5.92. The summed E-state index contributed by atoms with van der Waals surface area (Å²) >= 11 is 0. The van der Waals surface area contributed by atoms with Crippen LogP contribution in [0.25, 0.3) is 0 Å². The molecule has 8 nitrogen and oxygen atoms in total. The van der Waals surface area contributed by atoms with Gasteiger partial charge in [-0.2, -0.15) is 0 Å². The van der Waals surface area contributed by atoms with Crippen molar-refractivity contribution in [3.8, 4) is 0 Å². The van der Waals surface area contributed by atoms with Gasteiger partial charge < -0.3 is 25.4 Å². The predicted octanol–water partition coefficient (Wildman–Crippen LogP) is 3.86. The highest BCUT2D eigenvalue weighted by atomic mass is 16.6. The van der Waals surface area contributed by atoms with Gasteiger partial charge in [0, 0.05) is 12.6 Å². The number of aryl methyl sites for hydroxylation is 1. The lowest BCUT2D eigenvalue weighted by atomic mass is 10.00. The molecule has 3 N–H and O–H groups in total. The van der Waals surface area contributed by atoms with E-state index in [0.29, 0.717) is 18.5 Å². The molecule has 0 bridgehead atoms. The topological polar surface area (TPSA) is 108 Å². The second-order valence-electron chi connectivity index (χ2n) is 9.95. The fraction of sp³-hybridized carbons (Fsp3) is 0.654. The Bertz CT molecular complexity index is 804. The largest absolute Gasteiger partial charge is 0.444 e. The quantitative estimate of drug-likeness (QED) is 0.396. The van der Waals surface area contributed by atoms with Gasteiger partial charge in [0.1, 0.15) is 17.7 Å². The molecular formula is C26H43N3O5. The lowest BCUT2D eigenvalue weighted by Gasteiger charge is -2.34. The Hall–Kier alpha value is -2.61. The molecule has 1 aromatic rings. The van der Waals surface area contributed by atoms with Crippen LogP contribution in [0.3, 0.4) is 0 Å². The van der Waals surface area contributed by atoms with Crippen molar-refractivity contribution in [3.63, 3.8) is 0 Å². The summed E-state index contributed by atoms with van der Waals surface area (Å²) in [4.78, 5) is 40.8. The zero-order chi connectivity index (χ0) is 25.9. The number of nitrogens with one attached hydrogen (secondary N) is 2. The Kier molecular flexibility index (Phi) is 12.1. The molecule has 0 saturated heterocycles. The molecule has 0 aliphatic rings. The van der Waals surface area contributed by atoms with E-state index in [-0.39, 0.29) is 11.9 Å². The molecule has 0 fully saturated rings. The lowest BCUT2D eigenvalue weighted by molar-refractivity contribution is -0.143. The number of hydrogen-bond donors (Lipinski definition) is 3. The van der Waals surface area contributed by atoms with Gasteiger partial charge >= 0.3 is 6.09 Å². The molecule has 3 amide bonds. The Morgan fingerprint density at radius 2 is 1.76 bits per heavy atom. The lowest BCUT2D eigenvalue weighted by Crippen LogP contribution is -2.55. The first kappa shape index (κ1) is 29.4. The molecule has 0 saturated carbocycles. The highest BCUT2D eigenvalue weighted by Crippen LogP contribution is 2.25. The van der Waals surface area contributed by atoms with Gasteiger partial charge in [-0.25, -0.2) is 4.79 Å². The molecule has 2 unspecified atom stereocenters. The average Bonchev–Trinajstić information content (AvgIpc) is 2.71. The van der Waals surface area contributed by atoms with Crippen LogP contribution in [-0.2, 0) is 14.3 Å². The first-order valence-electron chi connectivity index (χ1n) is 12.2. The average molecular weight is 478 g/mol. The maximum absolute atomic E-state index is 13.6. The molecule has 192 valence electrons.